The molecule has 0 saturated carbocycles. The summed E-state index contributed by atoms with van der Waals surface area (Å²) in [7, 11) is 0. The first-order chi connectivity index (χ1) is 8.70. The fraction of sp³-hybridized carbons (Fsp3) is 0.214. The SMILES string of the molecule is CCN(Cc1cccnc1Cl)c1ccc(F)cc1. The molecule has 0 spiro atoms. The third-order valence-electron chi connectivity index (χ3n) is 2.77. The Labute approximate surface area is 111 Å². The molecule has 0 bridgehead atoms. The molecule has 18 heavy (non-hydrogen) atoms. The van der Waals surface area contributed by atoms with Gasteiger partial charge in [-0.25, -0.2) is 9.37 Å². The van der Waals surface area contributed by atoms with Crippen LogP contribution in [0, 0.1) is 5.82 Å². The molecule has 0 aliphatic rings. The van der Waals surface area contributed by atoms with Crippen molar-refractivity contribution in [2.24, 2.45) is 0 Å². The average Bonchev–Trinajstić information content (AvgIpc) is 2.39. The van der Waals surface area contributed by atoms with Crippen LogP contribution in [0.1, 0.15) is 12.5 Å². The Kier molecular flexibility index (Phi) is 4.15. The molecule has 94 valence electrons. The maximum atomic E-state index is 12.9. The number of nitrogens with zero attached hydrogens (tertiary/aromatic N) is 2. The molecule has 4 heteroatoms. The predicted octanol–water partition coefficient (Wildman–Crippen LogP) is 3.90. The Hall–Kier alpha value is -1.61. The summed E-state index contributed by atoms with van der Waals surface area (Å²) in [5.74, 6) is -0.228. The van der Waals surface area contributed by atoms with Gasteiger partial charge in [0.25, 0.3) is 0 Å². The first-order valence-corrected chi connectivity index (χ1v) is 6.18. The number of anilines is 1. The largest absolute Gasteiger partial charge is 0.367 e. The van der Waals surface area contributed by atoms with E-state index in [0.717, 1.165) is 17.8 Å². The lowest BCUT2D eigenvalue weighted by molar-refractivity contribution is 0.627. The van der Waals surface area contributed by atoms with Crippen LogP contribution in [0.2, 0.25) is 5.15 Å². The van der Waals surface area contributed by atoms with Crippen molar-refractivity contribution in [3.8, 4) is 0 Å². The van der Waals surface area contributed by atoms with Gasteiger partial charge in [0.05, 0.1) is 0 Å². The van der Waals surface area contributed by atoms with Crippen molar-refractivity contribution in [1.29, 1.82) is 0 Å². The van der Waals surface area contributed by atoms with E-state index in [9.17, 15) is 4.39 Å². The van der Waals surface area contributed by atoms with Crippen LogP contribution in [0.25, 0.3) is 0 Å². The van der Waals surface area contributed by atoms with Crippen LogP contribution < -0.4 is 4.90 Å². The molecule has 0 unspecified atom stereocenters. The third kappa shape index (κ3) is 2.99. The second kappa shape index (κ2) is 5.83. The Morgan fingerprint density at radius 2 is 1.94 bits per heavy atom. The monoisotopic (exact) mass is 264 g/mol. The predicted molar refractivity (Wildman–Crippen MR) is 72.4 cm³/mol. The fourth-order valence-corrected chi connectivity index (χ4v) is 1.96. The zero-order valence-electron chi connectivity index (χ0n) is 10.1. The van der Waals surface area contributed by atoms with Crippen molar-refractivity contribution in [3.63, 3.8) is 0 Å². The van der Waals surface area contributed by atoms with Crippen LogP contribution in [0.5, 0.6) is 0 Å². The van der Waals surface area contributed by atoms with Gasteiger partial charge in [0.15, 0.2) is 0 Å². The van der Waals surface area contributed by atoms with Gasteiger partial charge < -0.3 is 4.90 Å². The molecule has 0 N–H and O–H groups in total. The van der Waals surface area contributed by atoms with Crippen LogP contribution in [-0.4, -0.2) is 11.5 Å². The van der Waals surface area contributed by atoms with E-state index in [1.54, 1.807) is 18.3 Å². The van der Waals surface area contributed by atoms with Gasteiger partial charge in [0, 0.05) is 30.5 Å². The zero-order valence-corrected chi connectivity index (χ0v) is 10.9. The van der Waals surface area contributed by atoms with E-state index in [4.69, 9.17) is 11.6 Å². The number of hydrogen-bond donors (Lipinski definition) is 0. The highest BCUT2D eigenvalue weighted by atomic mass is 35.5. The van der Waals surface area contributed by atoms with Gasteiger partial charge >= 0.3 is 0 Å². The maximum Gasteiger partial charge on any atom is 0.133 e. The van der Waals surface area contributed by atoms with Crippen molar-refractivity contribution in [3.05, 3.63) is 59.1 Å². The van der Waals surface area contributed by atoms with Gasteiger partial charge in [0.1, 0.15) is 11.0 Å². The summed E-state index contributed by atoms with van der Waals surface area (Å²) in [6.07, 6.45) is 1.67. The van der Waals surface area contributed by atoms with E-state index < -0.39 is 0 Å². The number of rotatable bonds is 4. The first-order valence-electron chi connectivity index (χ1n) is 5.80. The molecule has 2 nitrogen and oxygen atoms in total. The molecule has 0 amide bonds. The van der Waals surface area contributed by atoms with Gasteiger partial charge in [-0.1, -0.05) is 17.7 Å². The molecule has 0 saturated heterocycles. The van der Waals surface area contributed by atoms with Crippen molar-refractivity contribution < 1.29 is 4.39 Å². The standard InChI is InChI=1S/C14H14ClFN2/c1-2-18(13-7-5-12(16)6-8-13)10-11-4-3-9-17-14(11)15/h3-9H,2,10H2,1H3. The Balaban J connectivity index is 2.20. The number of benzene rings is 1. The van der Waals surface area contributed by atoms with Gasteiger partial charge in [-0.05, 0) is 37.3 Å². The summed E-state index contributed by atoms with van der Waals surface area (Å²) in [5, 5.41) is 0.512. The molecule has 1 heterocycles. The summed E-state index contributed by atoms with van der Waals surface area (Å²) >= 11 is 6.04. The van der Waals surface area contributed by atoms with Crippen LogP contribution in [-0.2, 0) is 6.54 Å². The minimum atomic E-state index is -0.228. The first kappa shape index (κ1) is 12.8. The molecule has 2 rings (SSSR count). The number of hydrogen-bond acceptors (Lipinski definition) is 2. The van der Waals surface area contributed by atoms with E-state index in [1.807, 2.05) is 19.1 Å². The van der Waals surface area contributed by atoms with Crippen LogP contribution in [0.15, 0.2) is 42.6 Å². The van der Waals surface area contributed by atoms with Gasteiger partial charge in [-0.15, -0.1) is 0 Å². The molecule has 0 fully saturated rings. The molecular weight excluding hydrogens is 251 g/mol. The van der Waals surface area contributed by atoms with Crippen LogP contribution >= 0.6 is 11.6 Å². The molecule has 1 aromatic heterocycles. The average molecular weight is 265 g/mol. The van der Waals surface area contributed by atoms with Crippen LogP contribution in [0.3, 0.4) is 0 Å². The van der Waals surface area contributed by atoms with E-state index >= 15 is 0 Å². The van der Waals surface area contributed by atoms with Crippen molar-refractivity contribution >= 4 is 17.3 Å². The van der Waals surface area contributed by atoms with E-state index in [0.29, 0.717) is 11.7 Å². The lowest BCUT2D eigenvalue weighted by Gasteiger charge is -2.23. The highest BCUT2D eigenvalue weighted by molar-refractivity contribution is 6.30. The number of aromatic nitrogens is 1. The van der Waals surface area contributed by atoms with E-state index in [2.05, 4.69) is 9.88 Å². The van der Waals surface area contributed by atoms with Crippen LogP contribution in [0.4, 0.5) is 10.1 Å². The topological polar surface area (TPSA) is 16.1 Å². The normalized spacial score (nSPS) is 10.4. The van der Waals surface area contributed by atoms with Crippen molar-refractivity contribution in [1.82, 2.24) is 4.98 Å². The maximum absolute atomic E-state index is 12.9. The Bertz CT molecular complexity index is 513. The zero-order chi connectivity index (χ0) is 13.0. The minimum absolute atomic E-state index is 0.228. The van der Waals surface area contributed by atoms with Gasteiger partial charge in [-0.3, -0.25) is 0 Å². The Morgan fingerprint density at radius 1 is 1.22 bits per heavy atom. The molecule has 1 aromatic carbocycles. The summed E-state index contributed by atoms with van der Waals surface area (Å²) < 4.78 is 12.9. The van der Waals surface area contributed by atoms with Crippen molar-refractivity contribution in [2.75, 3.05) is 11.4 Å². The minimum Gasteiger partial charge on any atom is -0.367 e. The van der Waals surface area contributed by atoms with E-state index in [1.165, 1.54) is 12.1 Å². The third-order valence-corrected chi connectivity index (χ3v) is 3.11. The molecular formula is C14H14ClFN2. The lowest BCUT2D eigenvalue weighted by Crippen LogP contribution is -2.22. The molecule has 0 atom stereocenters. The second-order valence-corrected chi connectivity index (χ2v) is 4.30. The molecule has 0 aliphatic heterocycles. The number of pyridine rings is 1. The number of halogens is 2. The van der Waals surface area contributed by atoms with Gasteiger partial charge in [0.2, 0.25) is 0 Å². The Morgan fingerprint density at radius 3 is 2.56 bits per heavy atom. The molecule has 2 aromatic rings. The quantitative estimate of drug-likeness (QED) is 0.779. The van der Waals surface area contributed by atoms with E-state index in [-0.39, 0.29) is 5.82 Å². The summed E-state index contributed by atoms with van der Waals surface area (Å²) in [6, 6.07) is 10.3. The van der Waals surface area contributed by atoms with Gasteiger partial charge in [-0.2, -0.15) is 0 Å². The lowest BCUT2D eigenvalue weighted by atomic mass is 10.2. The molecule has 0 aliphatic carbocycles. The smallest absolute Gasteiger partial charge is 0.133 e. The summed E-state index contributed by atoms with van der Waals surface area (Å²) in [5.41, 5.74) is 1.93. The second-order valence-electron chi connectivity index (χ2n) is 3.94. The highest BCUT2D eigenvalue weighted by Crippen LogP contribution is 2.20. The summed E-state index contributed by atoms with van der Waals surface area (Å²) in [4.78, 5) is 6.17. The van der Waals surface area contributed by atoms with Crippen molar-refractivity contribution in [2.45, 2.75) is 13.5 Å². The molecule has 0 radical (unpaired) electrons. The highest BCUT2D eigenvalue weighted by Gasteiger charge is 2.08. The summed E-state index contributed by atoms with van der Waals surface area (Å²) in [6.45, 7) is 3.53. The fourth-order valence-electron chi connectivity index (χ4n) is 1.78.